The highest BCUT2D eigenvalue weighted by atomic mass is 16.5. The summed E-state index contributed by atoms with van der Waals surface area (Å²) in [7, 11) is 0. The van der Waals surface area contributed by atoms with Gasteiger partial charge in [-0.3, -0.25) is 0 Å². The van der Waals surface area contributed by atoms with Crippen LogP contribution in [0, 0.1) is 0 Å². The van der Waals surface area contributed by atoms with Crippen LogP contribution in [-0.4, -0.2) is 15.4 Å². The van der Waals surface area contributed by atoms with E-state index in [-0.39, 0.29) is 0 Å². The minimum absolute atomic E-state index is 0.457. The number of hydrogen-bond donors (Lipinski definition) is 1. The molecule has 4 nitrogen and oxygen atoms in total. The molecule has 0 saturated carbocycles. The average molecular weight is 287 g/mol. The first-order chi connectivity index (χ1) is 10.9. The van der Waals surface area contributed by atoms with E-state index in [4.69, 9.17) is 4.74 Å². The van der Waals surface area contributed by atoms with Gasteiger partial charge in [0, 0.05) is 0 Å². The first-order valence-electron chi connectivity index (χ1n) is 7.01. The number of H-pyrrole nitrogens is 1. The molecule has 0 radical (unpaired) electrons. The van der Waals surface area contributed by atoms with Crippen molar-refractivity contribution in [1.29, 1.82) is 0 Å². The number of aromatic amines is 1. The fourth-order valence-corrected chi connectivity index (χ4v) is 2.45. The van der Waals surface area contributed by atoms with Crippen LogP contribution in [-0.2, 0) is 0 Å². The molecule has 0 unspecified atom stereocenters. The molecule has 0 amide bonds. The van der Waals surface area contributed by atoms with Gasteiger partial charge in [0.15, 0.2) is 0 Å². The predicted octanol–water partition coefficient (Wildman–Crippen LogP) is 4.42. The monoisotopic (exact) mass is 287 g/mol. The van der Waals surface area contributed by atoms with E-state index in [9.17, 15) is 0 Å². The molecule has 22 heavy (non-hydrogen) atoms. The maximum Gasteiger partial charge on any atom is 0.258 e. The highest BCUT2D eigenvalue weighted by Gasteiger charge is 2.02. The van der Waals surface area contributed by atoms with Crippen molar-refractivity contribution in [3.8, 4) is 22.8 Å². The van der Waals surface area contributed by atoms with Gasteiger partial charge in [-0.2, -0.15) is 10.3 Å². The summed E-state index contributed by atoms with van der Waals surface area (Å²) >= 11 is 0. The van der Waals surface area contributed by atoms with E-state index in [1.54, 1.807) is 0 Å². The van der Waals surface area contributed by atoms with Crippen LogP contribution >= 0.6 is 0 Å². The van der Waals surface area contributed by atoms with Crippen LogP contribution < -0.4 is 4.74 Å². The van der Waals surface area contributed by atoms with Crippen LogP contribution in [0.1, 0.15) is 0 Å². The van der Waals surface area contributed by atoms with Crippen molar-refractivity contribution in [2.75, 3.05) is 0 Å². The van der Waals surface area contributed by atoms with Gasteiger partial charge < -0.3 is 4.74 Å². The molecule has 4 heteroatoms. The van der Waals surface area contributed by atoms with Crippen LogP contribution in [0.5, 0.6) is 11.6 Å². The molecule has 0 spiro atoms. The molecule has 4 aromatic rings. The first kappa shape index (κ1) is 12.6. The van der Waals surface area contributed by atoms with Crippen LogP contribution in [0.25, 0.3) is 21.9 Å². The molecule has 0 saturated heterocycles. The van der Waals surface area contributed by atoms with Gasteiger partial charge >= 0.3 is 0 Å². The number of ether oxygens (including phenoxy) is 1. The van der Waals surface area contributed by atoms with Gasteiger partial charge in [-0.15, -0.1) is 5.10 Å². The number of nitrogens with one attached hydrogen (secondary N) is 1. The lowest BCUT2D eigenvalue weighted by molar-refractivity contribution is 0.461. The van der Waals surface area contributed by atoms with Gasteiger partial charge in [0.1, 0.15) is 11.9 Å². The van der Waals surface area contributed by atoms with Crippen molar-refractivity contribution in [3.05, 3.63) is 72.9 Å². The summed E-state index contributed by atoms with van der Waals surface area (Å²) in [5, 5.41) is 12.6. The second-order valence-corrected chi connectivity index (χ2v) is 5.00. The van der Waals surface area contributed by atoms with Crippen LogP contribution in [0.4, 0.5) is 0 Å². The summed E-state index contributed by atoms with van der Waals surface area (Å²) in [6.45, 7) is 0. The SMILES string of the molecule is c1ccc2cc(-c3ccc(Oc4cn[nH]n4)cc3)ccc2c1. The Labute approximate surface area is 127 Å². The number of benzene rings is 3. The topological polar surface area (TPSA) is 50.8 Å². The van der Waals surface area contributed by atoms with E-state index < -0.39 is 0 Å². The molecular formula is C18H13N3O. The Hall–Kier alpha value is -3.14. The Balaban J connectivity index is 1.63. The van der Waals surface area contributed by atoms with Gasteiger partial charge in [-0.1, -0.05) is 48.5 Å². The molecule has 0 atom stereocenters. The summed E-state index contributed by atoms with van der Waals surface area (Å²) in [5.74, 6) is 1.19. The van der Waals surface area contributed by atoms with Gasteiger partial charge in [0.05, 0.1) is 0 Å². The van der Waals surface area contributed by atoms with Crippen molar-refractivity contribution in [2.45, 2.75) is 0 Å². The third kappa shape index (κ3) is 2.42. The number of fused-ring (bicyclic) bond motifs is 1. The fraction of sp³-hybridized carbons (Fsp3) is 0. The van der Waals surface area contributed by atoms with E-state index in [1.165, 1.54) is 22.5 Å². The smallest absolute Gasteiger partial charge is 0.258 e. The van der Waals surface area contributed by atoms with Gasteiger partial charge in [0.25, 0.3) is 5.88 Å². The van der Waals surface area contributed by atoms with Crippen LogP contribution in [0.15, 0.2) is 72.9 Å². The highest BCUT2D eigenvalue weighted by molar-refractivity contribution is 5.87. The molecule has 0 aliphatic rings. The molecule has 1 aromatic heterocycles. The van der Waals surface area contributed by atoms with E-state index in [2.05, 4.69) is 57.9 Å². The van der Waals surface area contributed by atoms with Crippen LogP contribution in [0.2, 0.25) is 0 Å². The van der Waals surface area contributed by atoms with E-state index in [0.29, 0.717) is 5.88 Å². The van der Waals surface area contributed by atoms with Crippen molar-refractivity contribution >= 4 is 10.8 Å². The van der Waals surface area contributed by atoms with Crippen molar-refractivity contribution in [2.24, 2.45) is 0 Å². The lowest BCUT2D eigenvalue weighted by Gasteiger charge is -2.06. The summed E-state index contributed by atoms with van der Waals surface area (Å²) < 4.78 is 5.57. The third-order valence-electron chi connectivity index (χ3n) is 3.55. The lowest BCUT2D eigenvalue weighted by atomic mass is 10.0. The molecule has 0 fully saturated rings. The number of nitrogens with zero attached hydrogens (tertiary/aromatic N) is 2. The second-order valence-electron chi connectivity index (χ2n) is 5.00. The third-order valence-corrected chi connectivity index (χ3v) is 3.55. The molecule has 0 aliphatic heterocycles. The Morgan fingerprint density at radius 3 is 2.32 bits per heavy atom. The molecule has 106 valence electrons. The minimum atomic E-state index is 0.457. The molecule has 3 aromatic carbocycles. The molecule has 0 aliphatic carbocycles. The molecule has 1 heterocycles. The van der Waals surface area contributed by atoms with Gasteiger partial charge in [-0.05, 0) is 40.1 Å². The number of hydrogen-bond acceptors (Lipinski definition) is 3. The quantitative estimate of drug-likeness (QED) is 0.607. The summed E-state index contributed by atoms with van der Waals surface area (Å²) in [5.41, 5.74) is 2.34. The van der Waals surface area contributed by atoms with Crippen molar-refractivity contribution in [3.63, 3.8) is 0 Å². The summed E-state index contributed by atoms with van der Waals surface area (Å²) in [4.78, 5) is 0. The van der Waals surface area contributed by atoms with E-state index in [0.717, 1.165) is 11.3 Å². The van der Waals surface area contributed by atoms with Gasteiger partial charge in [-0.25, -0.2) is 0 Å². The Bertz CT molecular complexity index is 899. The van der Waals surface area contributed by atoms with E-state index >= 15 is 0 Å². The minimum Gasteiger partial charge on any atom is -0.436 e. The Morgan fingerprint density at radius 1 is 0.773 bits per heavy atom. The number of aromatic nitrogens is 3. The number of rotatable bonds is 3. The average Bonchev–Trinajstić information content (AvgIpc) is 3.08. The standard InChI is InChI=1S/C18H13N3O/c1-2-4-15-11-16(6-5-13(15)3-1)14-7-9-17(10-8-14)22-18-12-19-21-20-18/h1-12H,(H,19,20,21). The summed E-state index contributed by atoms with van der Waals surface area (Å²) in [6.07, 6.45) is 1.54. The molecule has 1 N–H and O–H groups in total. The zero-order chi connectivity index (χ0) is 14.8. The molecular weight excluding hydrogens is 274 g/mol. The highest BCUT2D eigenvalue weighted by Crippen LogP contribution is 2.27. The lowest BCUT2D eigenvalue weighted by Crippen LogP contribution is -1.85. The van der Waals surface area contributed by atoms with Crippen molar-refractivity contribution < 1.29 is 4.74 Å². The largest absolute Gasteiger partial charge is 0.436 e. The maximum absolute atomic E-state index is 5.57. The first-order valence-corrected chi connectivity index (χ1v) is 7.01. The van der Waals surface area contributed by atoms with Gasteiger partial charge in [0.2, 0.25) is 0 Å². The predicted molar refractivity (Wildman–Crippen MR) is 85.8 cm³/mol. The fourth-order valence-electron chi connectivity index (χ4n) is 2.45. The molecule has 4 rings (SSSR count). The zero-order valence-electron chi connectivity index (χ0n) is 11.7. The Morgan fingerprint density at radius 2 is 1.55 bits per heavy atom. The molecule has 0 bridgehead atoms. The normalized spacial score (nSPS) is 10.7. The Kier molecular flexibility index (Phi) is 3.05. The summed E-state index contributed by atoms with van der Waals surface area (Å²) in [6, 6.07) is 22.8. The maximum atomic E-state index is 5.57. The van der Waals surface area contributed by atoms with Crippen LogP contribution in [0.3, 0.4) is 0 Å². The van der Waals surface area contributed by atoms with Crippen molar-refractivity contribution in [1.82, 2.24) is 15.4 Å². The van der Waals surface area contributed by atoms with E-state index in [1.807, 2.05) is 24.3 Å². The zero-order valence-corrected chi connectivity index (χ0v) is 11.7. The second kappa shape index (κ2) is 5.33.